The minimum absolute atomic E-state index is 0.0433. The Bertz CT molecular complexity index is 806. The van der Waals surface area contributed by atoms with Gasteiger partial charge in [0.1, 0.15) is 11.5 Å². The molecule has 0 aliphatic carbocycles. The van der Waals surface area contributed by atoms with E-state index in [0.717, 1.165) is 5.56 Å². The van der Waals surface area contributed by atoms with Crippen molar-refractivity contribution >= 4 is 5.78 Å². The van der Waals surface area contributed by atoms with Gasteiger partial charge in [-0.2, -0.15) is 0 Å². The number of benzene rings is 3. The van der Waals surface area contributed by atoms with Crippen LogP contribution >= 0.6 is 0 Å². The molecule has 0 fully saturated rings. The van der Waals surface area contributed by atoms with E-state index < -0.39 is 0 Å². The summed E-state index contributed by atoms with van der Waals surface area (Å²) < 4.78 is 0. The van der Waals surface area contributed by atoms with Gasteiger partial charge in [-0.1, -0.05) is 42.5 Å². The third kappa shape index (κ3) is 2.69. The van der Waals surface area contributed by atoms with Crippen LogP contribution in [0, 0.1) is 0 Å². The number of phenols is 2. The topological polar surface area (TPSA) is 57.5 Å². The van der Waals surface area contributed by atoms with Crippen molar-refractivity contribution in [3.8, 4) is 22.6 Å². The summed E-state index contributed by atoms with van der Waals surface area (Å²) in [6.07, 6.45) is 0. The highest BCUT2D eigenvalue weighted by Crippen LogP contribution is 2.29. The highest BCUT2D eigenvalue weighted by molar-refractivity contribution is 6.13. The van der Waals surface area contributed by atoms with Crippen LogP contribution in [0.5, 0.6) is 11.5 Å². The molecular formula is C19H14O3. The molecule has 2 N–H and O–H groups in total. The van der Waals surface area contributed by atoms with Crippen LogP contribution < -0.4 is 0 Å². The van der Waals surface area contributed by atoms with Gasteiger partial charge in [-0.3, -0.25) is 4.79 Å². The molecule has 3 aromatic rings. The van der Waals surface area contributed by atoms with Crippen molar-refractivity contribution in [2.24, 2.45) is 0 Å². The van der Waals surface area contributed by atoms with Gasteiger partial charge in [0, 0.05) is 11.1 Å². The van der Waals surface area contributed by atoms with Crippen LogP contribution in [0.4, 0.5) is 0 Å². The summed E-state index contributed by atoms with van der Waals surface area (Å²) in [5.41, 5.74) is 2.51. The molecule has 0 aromatic heterocycles. The van der Waals surface area contributed by atoms with Crippen molar-refractivity contribution in [3.05, 3.63) is 83.9 Å². The van der Waals surface area contributed by atoms with E-state index in [9.17, 15) is 15.0 Å². The molecule has 0 unspecified atom stereocenters. The number of rotatable bonds is 3. The fourth-order valence-electron chi connectivity index (χ4n) is 2.36. The van der Waals surface area contributed by atoms with Crippen molar-refractivity contribution < 1.29 is 15.0 Å². The fraction of sp³-hybridized carbons (Fsp3) is 0. The number of hydrogen-bond acceptors (Lipinski definition) is 3. The van der Waals surface area contributed by atoms with Crippen LogP contribution in [0.3, 0.4) is 0 Å². The molecule has 0 saturated heterocycles. The van der Waals surface area contributed by atoms with Gasteiger partial charge in [0.05, 0.1) is 0 Å². The SMILES string of the molecule is O=C(c1ccccc1)c1cc(O)ccc1-c1ccc(O)cc1. The predicted molar refractivity (Wildman–Crippen MR) is 85.1 cm³/mol. The van der Waals surface area contributed by atoms with E-state index >= 15 is 0 Å². The smallest absolute Gasteiger partial charge is 0.193 e. The third-order valence-electron chi connectivity index (χ3n) is 3.46. The summed E-state index contributed by atoms with van der Waals surface area (Å²) in [4.78, 5) is 12.7. The van der Waals surface area contributed by atoms with E-state index in [4.69, 9.17) is 0 Å². The second-order valence-electron chi connectivity index (χ2n) is 4.97. The molecule has 0 radical (unpaired) electrons. The Labute approximate surface area is 128 Å². The maximum absolute atomic E-state index is 12.7. The van der Waals surface area contributed by atoms with Gasteiger partial charge in [-0.05, 0) is 41.5 Å². The van der Waals surface area contributed by atoms with Crippen molar-refractivity contribution in [1.29, 1.82) is 0 Å². The Morgan fingerprint density at radius 2 is 1.36 bits per heavy atom. The maximum Gasteiger partial charge on any atom is 0.193 e. The Morgan fingerprint density at radius 3 is 2.05 bits per heavy atom. The van der Waals surface area contributed by atoms with Crippen LogP contribution in [0.25, 0.3) is 11.1 Å². The second kappa shape index (κ2) is 5.74. The van der Waals surface area contributed by atoms with Crippen LogP contribution in [0.15, 0.2) is 72.8 Å². The molecule has 0 amide bonds. The predicted octanol–water partition coefficient (Wildman–Crippen LogP) is 4.00. The van der Waals surface area contributed by atoms with Crippen LogP contribution in [0.2, 0.25) is 0 Å². The number of ketones is 1. The molecule has 0 bridgehead atoms. The molecule has 0 heterocycles. The van der Waals surface area contributed by atoms with E-state index in [1.165, 1.54) is 6.07 Å². The lowest BCUT2D eigenvalue weighted by Crippen LogP contribution is -2.03. The first-order valence-electron chi connectivity index (χ1n) is 6.87. The molecule has 3 rings (SSSR count). The number of phenolic OH excluding ortho intramolecular Hbond substituents is 2. The molecule has 0 saturated carbocycles. The quantitative estimate of drug-likeness (QED) is 0.717. The fourth-order valence-corrected chi connectivity index (χ4v) is 2.36. The molecule has 3 heteroatoms. The standard InChI is InChI=1S/C19H14O3/c20-15-8-6-13(7-9-15)17-11-10-16(21)12-18(17)19(22)14-4-2-1-3-5-14/h1-12,20-21H. The lowest BCUT2D eigenvalue weighted by Gasteiger charge is -2.10. The van der Waals surface area contributed by atoms with E-state index in [0.29, 0.717) is 16.7 Å². The Hall–Kier alpha value is -3.07. The molecule has 22 heavy (non-hydrogen) atoms. The zero-order valence-electron chi connectivity index (χ0n) is 11.7. The van der Waals surface area contributed by atoms with Gasteiger partial charge in [0.25, 0.3) is 0 Å². The largest absolute Gasteiger partial charge is 0.508 e. The van der Waals surface area contributed by atoms with Gasteiger partial charge in [0.15, 0.2) is 5.78 Å². The third-order valence-corrected chi connectivity index (χ3v) is 3.46. The molecule has 0 aliphatic rings. The van der Waals surface area contributed by atoms with Crippen molar-refractivity contribution in [2.75, 3.05) is 0 Å². The van der Waals surface area contributed by atoms with Crippen molar-refractivity contribution in [1.82, 2.24) is 0 Å². The first kappa shape index (κ1) is 13.9. The number of carbonyl (C=O) groups excluding carboxylic acids is 1. The first-order chi connectivity index (χ1) is 10.6. The summed E-state index contributed by atoms with van der Waals surface area (Å²) in [5.74, 6) is 0.0554. The van der Waals surface area contributed by atoms with Gasteiger partial charge in [0.2, 0.25) is 0 Å². The molecular weight excluding hydrogens is 276 g/mol. The monoisotopic (exact) mass is 290 g/mol. The van der Waals surface area contributed by atoms with Crippen molar-refractivity contribution in [2.45, 2.75) is 0 Å². The van der Waals surface area contributed by atoms with Gasteiger partial charge in [-0.25, -0.2) is 0 Å². The van der Waals surface area contributed by atoms with E-state index in [1.807, 2.05) is 6.07 Å². The van der Waals surface area contributed by atoms with Crippen molar-refractivity contribution in [3.63, 3.8) is 0 Å². The molecule has 3 nitrogen and oxygen atoms in total. The highest BCUT2D eigenvalue weighted by Gasteiger charge is 2.15. The lowest BCUT2D eigenvalue weighted by molar-refractivity contribution is 0.103. The van der Waals surface area contributed by atoms with Gasteiger partial charge in [-0.15, -0.1) is 0 Å². The Morgan fingerprint density at radius 1 is 0.727 bits per heavy atom. The molecule has 3 aromatic carbocycles. The molecule has 0 spiro atoms. The zero-order chi connectivity index (χ0) is 15.5. The van der Waals surface area contributed by atoms with Crippen LogP contribution in [0.1, 0.15) is 15.9 Å². The lowest BCUT2D eigenvalue weighted by atomic mass is 9.93. The molecule has 108 valence electrons. The zero-order valence-corrected chi connectivity index (χ0v) is 11.7. The molecule has 0 aliphatic heterocycles. The highest BCUT2D eigenvalue weighted by atomic mass is 16.3. The number of hydrogen-bond donors (Lipinski definition) is 2. The maximum atomic E-state index is 12.7. The number of carbonyl (C=O) groups is 1. The second-order valence-corrected chi connectivity index (χ2v) is 4.97. The Kier molecular flexibility index (Phi) is 3.62. The molecule has 0 atom stereocenters. The summed E-state index contributed by atoms with van der Waals surface area (Å²) in [6.45, 7) is 0. The first-order valence-corrected chi connectivity index (χ1v) is 6.87. The van der Waals surface area contributed by atoms with Crippen LogP contribution in [-0.4, -0.2) is 16.0 Å². The van der Waals surface area contributed by atoms with Crippen LogP contribution in [-0.2, 0) is 0 Å². The van der Waals surface area contributed by atoms with E-state index in [2.05, 4.69) is 0 Å². The summed E-state index contributed by atoms with van der Waals surface area (Å²) in [5, 5.41) is 19.1. The normalized spacial score (nSPS) is 10.4. The van der Waals surface area contributed by atoms with E-state index in [1.54, 1.807) is 60.7 Å². The van der Waals surface area contributed by atoms with Gasteiger partial charge < -0.3 is 10.2 Å². The summed E-state index contributed by atoms with van der Waals surface area (Å²) in [7, 11) is 0. The van der Waals surface area contributed by atoms with Gasteiger partial charge >= 0.3 is 0 Å². The average Bonchev–Trinajstić information content (AvgIpc) is 2.56. The summed E-state index contributed by atoms with van der Waals surface area (Å²) >= 11 is 0. The Balaban J connectivity index is 2.13. The average molecular weight is 290 g/mol. The minimum atomic E-state index is -0.153. The number of aromatic hydroxyl groups is 2. The van der Waals surface area contributed by atoms with E-state index in [-0.39, 0.29) is 17.3 Å². The summed E-state index contributed by atoms with van der Waals surface area (Å²) in [6, 6.07) is 20.3. The minimum Gasteiger partial charge on any atom is -0.508 e.